The summed E-state index contributed by atoms with van der Waals surface area (Å²) in [6, 6.07) is 8.35. The summed E-state index contributed by atoms with van der Waals surface area (Å²) in [4.78, 5) is 4.23. The maximum absolute atomic E-state index is 12.9. The molecule has 1 aliphatic rings. The fourth-order valence-electron chi connectivity index (χ4n) is 2.46. The topological polar surface area (TPSA) is 34.1 Å². The van der Waals surface area contributed by atoms with Crippen molar-refractivity contribution in [3.8, 4) is 11.5 Å². The first-order valence-electron chi connectivity index (χ1n) is 6.93. The Morgan fingerprint density at radius 3 is 2.70 bits per heavy atom. The Balaban J connectivity index is 1.75. The van der Waals surface area contributed by atoms with Gasteiger partial charge in [-0.25, -0.2) is 4.39 Å². The van der Waals surface area contributed by atoms with Gasteiger partial charge in [0.05, 0.1) is 6.20 Å². The van der Waals surface area contributed by atoms with Crippen LogP contribution in [0.1, 0.15) is 30.9 Å². The highest BCUT2D eigenvalue weighted by molar-refractivity contribution is 5.32. The molecule has 0 spiro atoms. The Hall–Kier alpha value is -1.94. The van der Waals surface area contributed by atoms with E-state index in [4.69, 9.17) is 4.74 Å². The van der Waals surface area contributed by atoms with Crippen LogP contribution in [-0.2, 0) is 0 Å². The van der Waals surface area contributed by atoms with Crippen molar-refractivity contribution in [2.75, 3.05) is 6.54 Å². The summed E-state index contributed by atoms with van der Waals surface area (Å²) < 4.78 is 18.6. The van der Waals surface area contributed by atoms with Crippen molar-refractivity contribution >= 4 is 0 Å². The average Bonchev–Trinajstić information content (AvgIpc) is 2.51. The zero-order valence-corrected chi connectivity index (χ0v) is 11.2. The highest BCUT2D eigenvalue weighted by Crippen LogP contribution is 2.27. The number of rotatable bonds is 3. The number of hydrogen-bond donors (Lipinski definition) is 1. The van der Waals surface area contributed by atoms with E-state index in [0.717, 1.165) is 18.5 Å². The second-order valence-electron chi connectivity index (χ2n) is 5.01. The number of halogens is 1. The SMILES string of the molecule is Fc1ccc(Oc2cncc(C3CCCCN3)c2)cc1. The summed E-state index contributed by atoms with van der Waals surface area (Å²) in [7, 11) is 0. The van der Waals surface area contributed by atoms with E-state index >= 15 is 0 Å². The summed E-state index contributed by atoms with van der Waals surface area (Å²) in [6.45, 7) is 1.05. The van der Waals surface area contributed by atoms with Crippen LogP contribution >= 0.6 is 0 Å². The summed E-state index contributed by atoms with van der Waals surface area (Å²) in [6.07, 6.45) is 7.15. The van der Waals surface area contributed by atoms with Gasteiger partial charge in [0.2, 0.25) is 0 Å². The molecule has 0 amide bonds. The second-order valence-corrected chi connectivity index (χ2v) is 5.01. The molecule has 1 saturated heterocycles. The van der Waals surface area contributed by atoms with Crippen molar-refractivity contribution in [2.24, 2.45) is 0 Å². The van der Waals surface area contributed by atoms with Crippen molar-refractivity contribution < 1.29 is 9.13 Å². The third-order valence-electron chi connectivity index (χ3n) is 3.50. The van der Waals surface area contributed by atoms with E-state index in [0.29, 0.717) is 17.5 Å². The van der Waals surface area contributed by atoms with Gasteiger partial charge in [-0.05, 0) is 55.3 Å². The third kappa shape index (κ3) is 3.14. The van der Waals surface area contributed by atoms with Gasteiger partial charge in [0.25, 0.3) is 0 Å². The largest absolute Gasteiger partial charge is 0.456 e. The van der Waals surface area contributed by atoms with E-state index in [1.54, 1.807) is 18.3 Å². The molecule has 104 valence electrons. The van der Waals surface area contributed by atoms with Crippen LogP contribution in [0.25, 0.3) is 0 Å². The van der Waals surface area contributed by atoms with Gasteiger partial charge in [0.1, 0.15) is 17.3 Å². The molecule has 1 aliphatic heterocycles. The van der Waals surface area contributed by atoms with E-state index in [-0.39, 0.29) is 5.82 Å². The van der Waals surface area contributed by atoms with Gasteiger partial charge in [0.15, 0.2) is 0 Å². The van der Waals surface area contributed by atoms with Crippen LogP contribution in [-0.4, -0.2) is 11.5 Å². The first kappa shape index (κ1) is 13.1. The van der Waals surface area contributed by atoms with Crippen LogP contribution in [0.2, 0.25) is 0 Å². The highest BCUT2D eigenvalue weighted by atomic mass is 19.1. The number of hydrogen-bond acceptors (Lipinski definition) is 3. The average molecular weight is 272 g/mol. The smallest absolute Gasteiger partial charge is 0.146 e. The maximum atomic E-state index is 12.9. The second kappa shape index (κ2) is 6.01. The van der Waals surface area contributed by atoms with Crippen molar-refractivity contribution in [1.82, 2.24) is 10.3 Å². The number of nitrogens with zero attached hydrogens (tertiary/aromatic N) is 1. The number of piperidine rings is 1. The summed E-state index contributed by atoms with van der Waals surface area (Å²) in [5, 5.41) is 3.49. The van der Waals surface area contributed by atoms with Crippen LogP contribution in [0.5, 0.6) is 11.5 Å². The predicted octanol–water partition coefficient (Wildman–Crippen LogP) is 3.83. The Morgan fingerprint density at radius 2 is 1.95 bits per heavy atom. The molecule has 20 heavy (non-hydrogen) atoms. The predicted molar refractivity (Wildman–Crippen MR) is 75.3 cm³/mol. The molecule has 3 nitrogen and oxygen atoms in total. The fourth-order valence-corrected chi connectivity index (χ4v) is 2.46. The van der Waals surface area contributed by atoms with Crippen LogP contribution in [0, 0.1) is 5.82 Å². The van der Waals surface area contributed by atoms with Gasteiger partial charge in [-0.3, -0.25) is 4.98 Å². The number of nitrogens with one attached hydrogen (secondary N) is 1. The Labute approximate surface area is 117 Å². The van der Waals surface area contributed by atoms with Crippen molar-refractivity contribution in [3.05, 3.63) is 54.1 Å². The number of aromatic nitrogens is 1. The molecule has 1 unspecified atom stereocenters. The molecule has 0 radical (unpaired) electrons. The molecular weight excluding hydrogens is 255 g/mol. The minimum Gasteiger partial charge on any atom is -0.456 e. The van der Waals surface area contributed by atoms with Gasteiger partial charge in [-0.2, -0.15) is 0 Å². The molecule has 4 heteroatoms. The quantitative estimate of drug-likeness (QED) is 0.922. The van der Waals surface area contributed by atoms with E-state index in [2.05, 4.69) is 10.3 Å². The standard InChI is InChI=1S/C16H17FN2O/c17-13-4-6-14(7-5-13)20-15-9-12(10-18-11-15)16-3-1-2-8-19-16/h4-7,9-11,16,19H,1-3,8H2. The first-order valence-corrected chi connectivity index (χ1v) is 6.93. The molecule has 1 fully saturated rings. The molecule has 0 aliphatic carbocycles. The van der Waals surface area contributed by atoms with Crippen LogP contribution in [0.3, 0.4) is 0 Å². The lowest BCUT2D eigenvalue weighted by molar-refractivity contribution is 0.408. The lowest BCUT2D eigenvalue weighted by Crippen LogP contribution is -2.26. The van der Waals surface area contributed by atoms with Crippen molar-refractivity contribution in [2.45, 2.75) is 25.3 Å². The minimum atomic E-state index is -0.268. The zero-order chi connectivity index (χ0) is 13.8. The molecule has 1 aromatic carbocycles. The normalized spacial score (nSPS) is 18.8. The molecule has 0 saturated carbocycles. The summed E-state index contributed by atoms with van der Waals surface area (Å²) >= 11 is 0. The van der Waals surface area contributed by atoms with Crippen LogP contribution in [0.15, 0.2) is 42.7 Å². The fraction of sp³-hybridized carbons (Fsp3) is 0.312. The number of ether oxygens (including phenoxy) is 1. The van der Waals surface area contributed by atoms with Gasteiger partial charge in [0, 0.05) is 12.2 Å². The monoisotopic (exact) mass is 272 g/mol. The third-order valence-corrected chi connectivity index (χ3v) is 3.50. The minimum absolute atomic E-state index is 0.268. The molecule has 1 aromatic heterocycles. The van der Waals surface area contributed by atoms with E-state index < -0.39 is 0 Å². The molecule has 1 atom stereocenters. The van der Waals surface area contributed by atoms with Gasteiger partial charge >= 0.3 is 0 Å². The summed E-state index contributed by atoms with van der Waals surface area (Å²) in [5.74, 6) is 1.03. The van der Waals surface area contributed by atoms with Crippen molar-refractivity contribution in [1.29, 1.82) is 0 Å². The molecule has 2 aromatic rings. The molecular formula is C16H17FN2O. The van der Waals surface area contributed by atoms with Gasteiger partial charge in [-0.1, -0.05) is 6.42 Å². The van der Waals surface area contributed by atoms with E-state index in [1.165, 1.54) is 25.0 Å². The lowest BCUT2D eigenvalue weighted by atomic mass is 9.99. The molecule has 0 bridgehead atoms. The number of pyridine rings is 1. The molecule has 3 rings (SSSR count). The lowest BCUT2D eigenvalue weighted by Gasteiger charge is -2.23. The Morgan fingerprint density at radius 1 is 1.10 bits per heavy atom. The zero-order valence-electron chi connectivity index (χ0n) is 11.2. The van der Waals surface area contributed by atoms with E-state index in [1.807, 2.05) is 12.3 Å². The van der Waals surface area contributed by atoms with Gasteiger partial charge in [-0.15, -0.1) is 0 Å². The van der Waals surface area contributed by atoms with Crippen molar-refractivity contribution in [3.63, 3.8) is 0 Å². The molecule has 1 N–H and O–H groups in total. The van der Waals surface area contributed by atoms with Crippen LogP contribution < -0.4 is 10.1 Å². The van der Waals surface area contributed by atoms with Crippen LogP contribution in [0.4, 0.5) is 4.39 Å². The first-order chi connectivity index (χ1) is 9.81. The summed E-state index contributed by atoms with van der Waals surface area (Å²) in [5.41, 5.74) is 1.14. The Bertz CT molecular complexity index is 565. The Kier molecular flexibility index (Phi) is 3.92. The number of benzene rings is 1. The van der Waals surface area contributed by atoms with Gasteiger partial charge < -0.3 is 10.1 Å². The maximum Gasteiger partial charge on any atom is 0.146 e. The molecule has 2 heterocycles. The van der Waals surface area contributed by atoms with E-state index in [9.17, 15) is 4.39 Å². The highest BCUT2D eigenvalue weighted by Gasteiger charge is 2.15.